The Morgan fingerprint density at radius 2 is 2.13 bits per heavy atom. The van der Waals surface area contributed by atoms with E-state index in [1.165, 1.54) is 6.26 Å². The smallest absolute Gasteiger partial charge is 0.150 e. The van der Waals surface area contributed by atoms with Crippen molar-refractivity contribution in [3.05, 3.63) is 18.2 Å². The van der Waals surface area contributed by atoms with E-state index in [0.717, 1.165) is 44.5 Å². The molecule has 1 saturated carbocycles. The van der Waals surface area contributed by atoms with Crippen molar-refractivity contribution in [3.8, 4) is 0 Å². The van der Waals surface area contributed by atoms with E-state index >= 15 is 0 Å². The molecule has 0 spiro atoms. The zero-order valence-electron chi connectivity index (χ0n) is 13.9. The molecule has 0 unspecified atom stereocenters. The van der Waals surface area contributed by atoms with E-state index in [4.69, 9.17) is 4.74 Å². The molecule has 130 valence electrons. The highest BCUT2D eigenvalue weighted by molar-refractivity contribution is 7.91. The van der Waals surface area contributed by atoms with Gasteiger partial charge in [0.1, 0.15) is 21.8 Å². The van der Waals surface area contributed by atoms with Crippen LogP contribution in [0.15, 0.2) is 12.4 Å². The van der Waals surface area contributed by atoms with Crippen molar-refractivity contribution in [3.63, 3.8) is 0 Å². The molecule has 7 heteroatoms. The summed E-state index contributed by atoms with van der Waals surface area (Å²) in [5.41, 5.74) is 0. The van der Waals surface area contributed by atoms with Crippen LogP contribution in [0.1, 0.15) is 50.5 Å². The molecule has 2 heterocycles. The number of sulfone groups is 1. The standard InChI is InChI=1S/C16H27N3O3S/c1-19-9-8-17-16(19)15-14(7-4-10-22-15)18-12-5-3-6-13(11-12)23(2,20)21/h8-9,12-15,18H,3-7,10-11H2,1-2H3/t12-,13-,14+,15+/m1/s1. The van der Waals surface area contributed by atoms with Crippen molar-refractivity contribution in [1.29, 1.82) is 0 Å². The molecule has 1 aromatic heterocycles. The van der Waals surface area contributed by atoms with Gasteiger partial charge in [-0.2, -0.15) is 0 Å². The number of hydrogen-bond acceptors (Lipinski definition) is 5. The summed E-state index contributed by atoms with van der Waals surface area (Å²) in [6.07, 6.45) is 10.6. The zero-order chi connectivity index (χ0) is 16.4. The first kappa shape index (κ1) is 16.9. The third kappa shape index (κ3) is 3.95. The summed E-state index contributed by atoms with van der Waals surface area (Å²) in [7, 11) is -0.967. The maximum atomic E-state index is 11.9. The molecule has 0 aromatic carbocycles. The van der Waals surface area contributed by atoms with Crippen LogP contribution >= 0.6 is 0 Å². The molecule has 4 atom stereocenters. The molecule has 1 aliphatic carbocycles. The Bertz CT molecular complexity index is 628. The van der Waals surface area contributed by atoms with Crippen LogP contribution < -0.4 is 5.32 Å². The Balaban J connectivity index is 1.69. The fraction of sp³-hybridized carbons (Fsp3) is 0.812. The van der Waals surface area contributed by atoms with Crippen LogP contribution in [0.25, 0.3) is 0 Å². The monoisotopic (exact) mass is 341 g/mol. The van der Waals surface area contributed by atoms with E-state index in [2.05, 4.69) is 10.3 Å². The third-order valence-corrected chi connectivity index (χ3v) is 6.76. The molecule has 2 aliphatic rings. The SMILES string of the molecule is Cn1ccnc1[C@H]1OCCC[C@@H]1N[C@@H]1CCC[C@@H](S(C)(=O)=O)C1. The van der Waals surface area contributed by atoms with Crippen molar-refractivity contribution < 1.29 is 13.2 Å². The van der Waals surface area contributed by atoms with Gasteiger partial charge in [-0.15, -0.1) is 0 Å². The summed E-state index contributed by atoms with van der Waals surface area (Å²) in [4.78, 5) is 4.44. The fourth-order valence-corrected chi connectivity index (χ4v) is 5.02. The zero-order valence-corrected chi connectivity index (χ0v) is 14.8. The number of imidazole rings is 1. The molecule has 2 fully saturated rings. The normalized spacial score (nSPS) is 32.8. The summed E-state index contributed by atoms with van der Waals surface area (Å²) >= 11 is 0. The maximum Gasteiger partial charge on any atom is 0.150 e. The van der Waals surface area contributed by atoms with Crippen LogP contribution in [0, 0.1) is 0 Å². The minimum atomic E-state index is -2.95. The van der Waals surface area contributed by atoms with Crippen LogP contribution in [0.3, 0.4) is 0 Å². The van der Waals surface area contributed by atoms with Crippen molar-refractivity contribution in [2.24, 2.45) is 7.05 Å². The number of ether oxygens (including phenoxy) is 1. The maximum absolute atomic E-state index is 11.9. The number of hydrogen-bond donors (Lipinski definition) is 1. The second-order valence-electron chi connectivity index (χ2n) is 6.92. The van der Waals surface area contributed by atoms with Gasteiger partial charge in [-0.1, -0.05) is 6.42 Å². The van der Waals surface area contributed by atoms with Crippen LogP contribution in [0.5, 0.6) is 0 Å². The average Bonchev–Trinajstić information content (AvgIpc) is 2.93. The minimum absolute atomic E-state index is 0.0534. The van der Waals surface area contributed by atoms with Crippen molar-refractivity contribution in [1.82, 2.24) is 14.9 Å². The number of nitrogens with one attached hydrogen (secondary N) is 1. The van der Waals surface area contributed by atoms with Gasteiger partial charge in [-0.05, 0) is 32.1 Å². The Kier molecular flexibility index (Phi) is 5.08. The Labute approximate surface area is 138 Å². The lowest BCUT2D eigenvalue weighted by Crippen LogP contribution is -2.48. The van der Waals surface area contributed by atoms with Crippen LogP contribution in [-0.4, -0.2) is 48.2 Å². The van der Waals surface area contributed by atoms with Crippen molar-refractivity contribution in [2.45, 2.75) is 62.0 Å². The molecule has 3 rings (SSSR count). The van der Waals surface area contributed by atoms with Gasteiger partial charge < -0.3 is 14.6 Å². The lowest BCUT2D eigenvalue weighted by Gasteiger charge is -2.37. The Morgan fingerprint density at radius 3 is 2.83 bits per heavy atom. The first-order valence-electron chi connectivity index (χ1n) is 8.49. The summed E-state index contributed by atoms with van der Waals surface area (Å²) in [5, 5.41) is 3.48. The molecule has 0 radical (unpaired) electrons. The largest absolute Gasteiger partial charge is 0.369 e. The second-order valence-corrected chi connectivity index (χ2v) is 9.24. The molecule has 1 aliphatic heterocycles. The fourth-order valence-electron chi connectivity index (χ4n) is 3.85. The molecular weight excluding hydrogens is 314 g/mol. The summed E-state index contributed by atoms with van der Waals surface area (Å²) in [5.74, 6) is 0.942. The Morgan fingerprint density at radius 1 is 1.30 bits per heavy atom. The van der Waals surface area contributed by atoms with E-state index in [-0.39, 0.29) is 23.4 Å². The number of rotatable bonds is 4. The molecule has 23 heavy (non-hydrogen) atoms. The summed E-state index contributed by atoms with van der Waals surface area (Å²) in [6.45, 7) is 0.756. The molecule has 1 aromatic rings. The van der Waals surface area contributed by atoms with Gasteiger partial charge in [0.05, 0.1) is 5.25 Å². The van der Waals surface area contributed by atoms with Gasteiger partial charge in [0.25, 0.3) is 0 Å². The number of aryl methyl sites for hydroxylation is 1. The van der Waals surface area contributed by atoms with E-state index in [1.54, 1.807) is 6.20 Å². The molecule has 1 saturated heterocycles. The molecule has 0 amide bonds. The van der Waals surface area contributed by atoms with E-state index in [1.807, 2.05) is 17.8 Å². The first-order chi connectivity index (χ1) is 10.9. The molecule has 1 N–H and O–H groups in total. The molecule has 0 bridgehead atoms. The van der Waals surface area contributed by atoms with Crippen LogP contribution in [0.4, 0.5) is 0 Å². The Hall–Kier alpha value is -0.920. The van der Waals surface area contributed by atoms with Gasteiger partial charge >= 0.3 is 0 Å². The molecule has 6 nitrogen and oxygen atoms in total. The summed E-state index contributed by atoms with van der Waals surface area (Å²) < 4.78 is 31.7. The number of nitrogens with zero attached hydrogens (tertiary/aromatic N) is 2. The lowest BCUT2D eigenvalue weighted by molar-refractivity contribution is -0.0215. The number of aromatic nitrogens is 2. The van der Waals surface area contributed by atoms with E-state index in [0.29, 0.717) is 6.42 Å². The van der Waals surface area contributed by atoms with Gasteiger partial charge in [0, 0.05) is 44.4 Å². The van der Waals surface area contributed by atoms with Crippen molar-refractivity contribution >= 4 is 9.84 Å². The predicted octanol–water partition coefficient (Wildman–Crippen LogP) is 1.59. The first-order valence-corrected chi connectivity index (χ1v) is 10.4. The van der Waals surface area contributed by atoms with E-state index < -0.39 is 9.84 Å². The average molecular weight is 341 g/mol. The quantitative estimate of drug-likeness (QED) is 0.900. The third-order valence-electron chi connectivity index (χ3n) is 5.12. The molecular formula is C16H27N3O3S. The predicted molar refractivity (Wildman–Crippen MR) is 88.9 cm³/mol. The summed E-state index contributed by atoms with van der Waals surface area (Å²) in [6, 6.07) is 0.450. The van der Waals surface area contributed by atoms with Gasteiger partial charge in [0.2, 0.25) is 0 Å². The highest BCUT2D eigenvalue weighted by Crippen LogP contribution is 2.30. The van der Waals surface area contributed by atoms with Gasteiger partial charge in [-0.3, -0.25) is 0 Å². The van der Waals surface area contributed by atoms with Gasteiger partial charge in [-0.25, -0.2) is 13.4 Å². The van der Waals surface area contributed by atoms with Crippen LogP contribution in [0.2, 0.25) is 0 Å². The minimum Gasteiger partial charge on any atom is -0.369 e. The highest BCUT2D eigenvalue weighted by atomic mass is 32.2. The van der Waals surface area contributed by atoms with Crippen LogP contribution in [-0.2, 0) is 21.6 Å². The van der Waals surface area contributed by atoms with E-state index in [9.17, 15) is 8.42 Å². The topological polar surface area (TPSA) is 73.2 Å². The van der Waals surface area contributed by atoms with Crippen molar-refractivity contribution in [2.75, 3.05) is 12.9 Å². The van der Waals surface area contributed by atoms with Gasteiger partial charge in [0.15, 0.2) is 0 Å². The second kappa shape index (κ2) is 6.91. The highest BCUT2D eigenvalue weighted by Gasteiger charge is 2.35. The lowest BCUT2D eigenvalue weighted by atomic mass is 9.92.